The first-order chi connectivity index (χ1) is 13.6. The fraction of sp³-hybridized carbons (Fsp3) is 0.250. The predicted octanol–water partition coefficient (Wildman–Crippen LogP) is 3.66. The van der Waals surface area contributed by atoms with E-state index in [0.29, 0.717) is 41.2 Å². The Hall–Kier alpha value is -3.06. The second-order valence-electron chi connectivity index (χ2n) is 5.95. The van der Waals surface area contributed by atoms with Crippen molar-refractivity contribution in [2.75, 3.05) is 14.2 Å². The summed E-state index contributed by atoms with van der Waals surface area (Å²) in [6.45, 7) is 0.374. The molecule has 0 bridgehead atoms. The van der Waals surface area contributed by atoms with E-state index in [1.54, 1.807) is 32.4 Å². The van der Waals surface area contributed by atoms with Crippen molar-refractivity contribution in [2.24, 2.45) is 0 Å². The molecule has 0 saturated heterocycles. The third-order valence-corrected chi connectivity index (χ3v) is 4.48. The van der Waals surface area contributed by atoms with Crippen LogP contribution in [0.25, 0.3) is 11.4 Å². The van der Waals surface area contributed by atoms with Gasteiger partial charge in [-0.1, -0.05) is 35.0 Å². The van der Waals surface area contributed by atoms with Crippen LogP contribution in [-0.4, -0.2) is 30.3 Å². The topological polar surface area (TPSA) is 86.5 Å². The van der Waals surface area contributed by atoms with E-state index in [9.17, 15) is 4.79 Å². The SMILES string of the molecule is COc1ccc(-c2noc(CCC(=O)NCc3ccccc3Cl)n2)cc1OC. The number of aromatic nitrogens is 2. The van der Waals surface area contributed by atoms with Gasteiger partial charge in [0.05, 0.1) is 14.2 Å². The average Bonchev–Trinajstić information content (AvgIpc) is 3.20. The number of carbonyl (C=O) groups excluding carboxylic acids is 1. The van der Waals surface area contributed by atoms with Gasteiger partial charge in [0.15, 0.2) is 11.5 Å². The molecule has 0 unspecified atom stereocenters. The highest BCUT2D eigenvalue weighted by molar-refractivity contribution is 6.31. The Balaban J connectivity index is 1.56. The van der Waals surface area contributed by atoms with E-state index in [0.717, 1.165) is 11.1 Å². The van der Waals surface area contributed by atoms with E-state index in [1.165, 1.54) is 0 Å². The van der Waals surface area contributed by atoms with Crippen LogP contribution in [0, 0.1) is 0 Å². The highest BCUT2D eigenvalue weighted by Gasteiger charge is 2.13. The van der Waals surface area contributed by atoms with E-state index < -0.39 is 0 Å². The fourth-order valence-corrected chi connectivity index (χ4v) is 2.80. The predicted molar refractivity (Wildman–Crippen MR) is 104 cm³/mol. The molecule has 0 atom stereocenters. The van der Waals surface area contributed by atoms with Gasteiger partial charge in [-0.15, -0.1) is 0 Å². The molecule has 0 spiro atoms. The summed E-state index contributed by atoms with van der Waals surface area (Å²) in [6.07, 6.45) is 0.576. The molecule has 1 heterocycles. The quantitative estimate of drug-likeness (QED) is 0.620. The monoisotopic (exact) mass is 401 g/mol. The summed E-state index contributed by atoms with van der Waals surface area (Å²) in [6, 6.07) is 12.7. The maximum absolute atomic E-state index is 12.1. The summed E-state index contributed by atoms with van der Waals surface area (Å²) in [4.78, 5) is 16.4. The van der Waals surface area contributed by atoms with Crippen LogP contribution in [0.15, 0.2) is 47.0 Å². The Kier molecular flexibility index (Phi) is 6.49. The summed E-state index contributed by atoms with van der Waals surface area (Å²) < 4.78 is 15.7. The van der Waals surface area contributed by atoms with Crippen molar-refractivity contribution in [3.8, 4) is 22.9 Å². The molecule has 1 amide bonds. The van der Waals surface area contributed by atoms with Crippen molar-refractivity contribution in [3.63, 3.8) is 0 Å². The molecular formula is C20H20ClN3O4. The van der Waals surface area contributed by atoms with Crippen molar-refractivity contribution in [2.45, 2.75) is 19.4 Å². The average molecular weight is 402 g/mol. The molecule has 3 rings (SSSR count). The maximum atomic E-state index is 12.1. The molecule has 0 aliphatic carbocycles. The molecule has 146 valence electrons. The van der Waals surface area contributed by atoms with Crippen LogP contribution in [0.4, 0.5) is 0 Å². The Bertz CT molecular complexity index is 958. The Morgan fingerprint density at radius 3 is 2.68 bits per heavy atom. The first-order valence-corrected chi connectivity index (χ1v) is 9.03. The van der Waals surface area contributed by atoms with E-state index in [1.807, 2.05) is 24.3 Å². The standard InChI is InChI=1S/C20H20ClN3O4/c1-26-16-8-7-13(11-17(16)27-2)20-23-19(28-24-20)10-9-18(25)22-12-14-5-3-4-6-15(14)21/h3-8,11H,9-10,12H2,1-2H3,(H,22,25). The molecule has 1 aromatic heterocycles. The number of benzene rings is 2. The van der Waals surface area contributed by atoms with E-state index in [2.05, 4.69) is 15.5 Å². The lowest BCUT2D eigenvalue weighted by atomic mass is 10.2. The van der Waals surface area contributed by atoms with Crippen LogP contribution in [0.1, 0.15) is 17.9 Å². The fourth-order valence-electron chi connectivity index (χ4n) is 2.59. The summed E-state index contributed by atoms with van der Waals surface area (Å²) in [5, 5.41) is 7.43. The van der Waals surface area contributed by atoms with Crippen LogP contribution < -0.4 is 14.8 Å². The largest absolute Gasteiger partial charge is 0.493 e. The first-order valence-electron chi connectivity index (χ1n) is 8.65. The molecular weight excluding hydrogens is 382 g/mol. The number of rotatable bonds is 8. The van der Waals surface area contributed by atoms with Crippen molar-refractivity contribution >= 4 is 17.5 Å². The third-order valence-electron chi connectivity index (χ3n) is 4.11. The maximum Gasteiger partial charge on any atom is 0.227 e. The summed E-state index contributed by atoms with van der Waals surface area (Å²) in [5.74, 6) is 1.88. The van der Waals surface area contributed by atoms with Gasteiger partial charge in [-0.25, -0.2) is 0 Å². The van der Waals surface area contributed by atoms with Crippen LogP contribution >= 0.6 is 11.6 Å². The molecule has 28 heavy (non-hydrogen) atoms. The van der Waals surface area contributed by atoms with Crippen molar-refractivity contribution < 1.29 is 18.8 Å². The number of nitrogens with one attached hydrogen (secondary N) is 1. The second kappa shape index (κ2) is 9.23. The number of aryl methyl sites for hydroxylation is 1. The van der Waals surface area contributed by atoms with Gasteiger partial charge in [-0.3, -0.25) is 4.79 Å². The van der Waals surface area contributed by atoms with Gasteiger partial charge in [0.1, 0.15) is 0 Å². The number of ether oxygens (including phenoxy) is 2. The molecule has 8 heteroatoms. The van der Waals surface area contributed by atoms with Crippen molar-refractivity contribution in [1.29, 1.82) is 0 Å². The molecule has 7 nitrogen and oxygen atoms in total. The molecule has 3 aromatic rings. The minimum atomic E-state index is -0.120. The van der Waals surface area contributed by atoms with Gasteiger partial charge < -0.3 is 19.3 Å². The van der Waals surface area contributed by atoms with E-state index >= 15 is 0 Å². The normalized spacial score (nSPS) is 10.5. The van der Waals surface area contributed by atoms with Crippen LogP contribution in [0.5, 0.6) is 11.5 Å². The zero-order chi connectivity index (χ0) is 19.9. The summed E-state index contributed by atoms with van der Waals surface area (Å²) >= 11 is 6.08. The molecule has 0 radical (unpaired) electrons. The minimum Gasteiger partial charge on any atom is -0.493 e. The molecule has 0 aliphatic rings. The number of amides is 1. The number of carbonyl (C=O) groups is 1. The molecule has 0 aliphatic heterocycles. The lowest BCUT2D eigenvalue weighted by Gasteiger charge is -2.07. The number of hydrogen-bond acceptors (Lipinski definition) is 6. The van der Waals surface area contributed by atoms with Crippen molar-refractivity contribution in [1.82, 2.24) is 15.5 Å². The molecule has 1 N–H and O–H groups in total. The van der Waals surface area contributed by atoms with Crippen LogP contribution in [-0.2, 0) is 17.8 Å². The van der Waals surface area contributed by atoms with Gasteiger partial charge >= 0.3 is 0 Å². The number of nitrogens with zero attached hydrogens (tertiary/aromatic N) is 2. The number of methoxy groups -OCH3 is 2. The Labute approximate surface area is 167 Å². The Morgan fingerprint density at radius 1 is 1.14 bits per heavy atom. The van der Waals surface area contributed by atoms with Gasteiger partial charge in [0.25, 0.3) is 0 Å². The number of hydrogen-bond donors (Lipinski definition) is 1. The van der Waals surface area contributed by atoms with Crippen molar-refractivity contribution in [3.05, 3.63) is 58.9 Å². The van der Waals surface area contributed by atoms with Gasteiger partial charge in [0, 0.05) is 30.0 Å². The summed E-state index contributed by atoms with van der Waals surface area (Å²) in [5.41, 5.74) is 1.60. The highest BCUT2D eigenvalue weighted by atomic mass is 35.5. The zero-order valence-electron chi connectivity index (χ0n) is 15.6. The summed E-state index contributed by atoms with van der Waals surface area (Å²) in [7, 11) is 3.13. The van der Waals surface area contributed by atoms with Gasteiger partial charge in [-0.2, -0.15) is 4.98 Å². The van der Waals surface area contributed by atoms with Crippen LogP contribution in [0.3, 0.4) is 0 Å². The first kappa shape index (κ1) is 19.7. The molecule has 2 aromatic carbocycles. The molecule has 0 saturated carbocycles. The van der Waals surface area contributed by atoms with E-state index in [4.69, 9.17) is 25.6 Å². The molecule has 0 fully saturated rings. The zero-order valence-corrected chi connectivity index (χ0v) is 16.3. The third kappa shape index (κ3) is 4.80. The van der Waals surface area contributed by atoms with E-state index in [-0.39, 0.29) is 12.3 Å². The highest BCUT2D eigenvalue weighted by Crippen LogP contribution is 2.31. The minimum absolute atomic E-state index is 0.120. The van der Waals surface area contributed by atoms with Gasteiger partial charge in [-0.05, 0) is 29.8 Å². The number of halogens is 1. The smallest absolute Gasteiger partial charge is 0.227 e. The van der Waals surface area contributed by atoms with Crippen LogP contribution in [0.2, 0.25) is 5.02 Å². The lowest BCUT2D eigenvalue weighted by Crippen LogP contribution is -2.23. The lowest BCUT2D eigenvalue weighted by molar-refractivity contribution is -0.121. The Morgan fingerprint density at radius 2 is 1.93 bits per heavy atom. The second-order valence-corrected chi connectivity index (χ2v) is 6.36. The van der Waals surface area contributed by atoms with Gasteiger partial charge in [0.2, 0.25) is 17.6 Å².